The summed E-state index contributed by atoms with van der Waals surface area (Å²) < 4.78 is 13.2. The molecule has 1 aromatic carbocycles. The molecule has 7 heteroatoms. The summed E-state index contributed by atoms with van der Waals surface area (Å²) in [6.07, 6.45) is 0.801. The molecule has 1 amide bonds. The molecule has 0 fully saturated rings. The van der Waals surface area contributed by atoms with Gasteiger partial charge in [0.25, 0.3) is 0 Å². The molecule has 0 heterocycles. The second-order valence-corrected chi connectivity index (χ2v) is 3.89. The Bertz CT molecular complexity index is 491. The number of hydrogen-bond acceptors (Lipinski definition) is 4. The highest BCUT2D eigenvalue weighted by atomic mass is 19.1. The van der Waals surface area contributed by atoms with Crippen molar-refractivity contribution in [2.75, 3.05) is 24.1 Å². The number of rotatable bonds is 6. The van der Waals surface area contributed by atoms with Gasteiger partial charge in [0.05, 0.1) is 17.9 Å². The number of aromatic carboxylic acids is 1. The molecule has 0 spiro atoms. The number of nitrogen functional groups attached to an aromatic ring is 1. The largest absolute Gasteiger partial charge is 0.478 e. The standard InChI is InChI=1S/C12H16FN3O3/c1-2-5-15-9(17)6-16-8-4-3-7(13)11(14)10(8)12(18)19/h3-4,16H,2,5-6,14H2,1H3,(H,15,17)(H,18,19). The zero-order chi connectivity index (χ0) is 14.4. The number of benzene rings is 1. The summed E-state index contributed by atoms with van der Waals surface area (Å²) in [5, 5.41) is 14.2. The van der Waals surface area contributed by atoms with Gasteiger partial charge in [0.15, 0.2) is 0 Å². The highest BCUT2D eigenvalue weighted by Crippen LogP contribution is 2.24. The lowest BCUT2D eigenvalue weighted by Gasteiger charge is -2.12. The number of hydrogen-bond donors (Lipinski definition) is 4. The van der Waals surface area contributed by atoms with Crippen LogP contribution in [0.4, 0.5) is 15.8 Å². The average molecular weight is 269 g/mol. The number of amides is 1. The fraction of sp³-hybridized carbons (Fsp3) is 0.333. The molecule has 0 bridgehead atoms. The van der Waals surface area contributed by atoms with Crippen molar-refractivity contribution in [3.8, 4) is 0 Å². The molecule has 1 aromatic rings. The summed E-state index contributed by atoms with van der Waals surface area (Å²) >= 11 is 0. The summed E-state index contributed by atoms with van der Waals surface area (Å²) in [6, 6.07) is 2.29. The van der Waals surface area contributed by atoms with Crippen LogP contribution in [0.3, 0.4) is 0 Å². The second kappa shape index (κ2) is 6.58. The lowest BCUT2D eigenvalue weighted by Crippen LogP contribution is -2.30. The third kappa shape index (κ3) is 3.84. The van der Waals surface area contributed by atoms with Crippen LogP contribution in [-0.4, -0.2) is 30.1 Å². The number of nitrogens with two attached hydrogens (primary N) is 1. The SMILES string of the molecule is CCCNC(=O)CNc1ccc(F)c(N)c1C(=O)O. The number of carboxylic acids is 1. The molecule has 19 heavy (non-hydrogen) atoms. The first-order valence-corrected chi connectivity index (χ1v) is 5.79. The number of halogens is 1. The minimum atomic E-state index is -1.35. The van der Waals surface area contributed by atoms with Gasteiger partial charge in [-0.2, -0.15) is 0 Å². The van der Waals surface area contributed by atoms with Crippen LogP contribution in [0.15, 0.2) is 12.1 Å². The number of nitrogens with one attached hydrogen (secondary N) is 2. The van der Waals surface area contributed by atoms with Gasteiger partial charge in [-0.25, -0.2) is 9.18 Å². The van der Waals surface area contributed by atoms with Gasteiger partial charge in [0.2, 0.25) is 5.91 Å². The molecule has 0 aromatic heterocycles. The maximum Gasteiger partial charge on any atom is 0.340 e. The summed E-state index contributed by atoms with van der Waals surface area (Å²) in [7, 11) is 0. The Hall–Kier alpha value is -2.31. The van der Waals surface area contributed by atoms with Crippen molar-refractivity contribution in [3.05, 3.63) is 23.5 Å². The normalized spacial score (nSPS) is 10.0. The van der Waals surface area contributed by atoms with Gasteiger partial charge in [-0.15, -0.1) is 0 Å². The van der Waals surface area contributed by atoms with Crippen molar-refractivity contribution < 1.29 is 19.1 Å². The van der Waals surface area contributed by atoms with Gasteiger partial charge in [0.1, 0.15) is 11.4 Å². The molecule has 0 radical (unpaired) electrons. The van der Waals surface area contributed by atoms with Crippen molar-refractivity contribution in [1.29, 1.82) is 0 Å². The van der Waals surface area contributed by atoms with Crippen LogP contribution in [0.1, 0.15) is 23.7 Å². The molecule has 0 saturated carbocycles. The van der Waals surface area contributed by atoms with Gasteiger partial charge in [-0.3, -0.25) is 4.79 Å². The topological polar surface area (TPSA) is 104 Å². The smallest absolute Gasteiger partial charge is 0.340 e. The van der Waals surface area contributed by atoms with Gasteiger partial charge >= 0.3 is 5.97 Å². The van der Waals surface area contributed by atoms with E-state index < -0.39 is 17.5 Å². The molecule has 0 aliphatic heterocycles. The van der Waals surface area contributed by atoms with E-state index in [9.17, 15) is 14.0 Å². The molecule has 5 N–H and O–H groups in total. The molecular weight excluding hydrogens is 253 g/mol. The molecule has 0 aliphatic rings. The number of carboxylic acid groups (broad SMARTS) is 1. The quantitative estimate of drug-likeness (QED) is 0.578. The Morgan fingerprint density at radius 2 is 2.11 bits per heavy atom. The number of anilines is 2. The molecule has 104 valence electrons. The van der Waals surface area contributed by atoms with Gasteiger partial charge in [0, 0.05) is 6.54 Å². The predicted octanol–water partition coefficient (Wildman–Crippen LogP) is 1.04. The highest BCUT2D eigenvalue weighted by molar-refractivity contribution is 6.00. The van der Waals surface area contributed by atoms with Crippen molar-refractivity contribution in [1.82, 2.24) is 5.32 Å². The number of carbonyl (C=O) groups excluding carboxylic acids is 1. The fourth-order valence-corrected chi connectivity index (χ4v) is 1.47. The summed E-state index contributed by atoms with van der Waals surface area (Å²) in [4.78, 5) is 22.4. The summed E-state index contributed by atoms with van der Waals surface area (Å²) in [5.74, 6) is -2.44. The van der Waals surface area contributed by atoms with Crippen molar-refractivity contribution in [2.24, 2.45) is 0 Å². The van der Waals surface area contributed by atoms with E-state index in [-0.39, 0.29) is 23.7 Å². The first-order valence-electron chi connectivity index (χ1n) is 5.79. The molecule has 0 unspecified atom stereocenters. The van der Waals surface area contributed by atoms with E-state index in [1.54, 1.807) is 0 Å². The van der Waals surface area contributed by atoms with E-state index in [0.717, 1.165) is 12.5 Å². The molecule has 0 aliphatic carbocycles. The number of carbonyl (C=O) groups is 2. The summed E-state index contributed by atoms with van der Waals surface area (Å²) in [5.41, 5.74) is 4.66. The Morgan fingerprint density at radius 1 is 1.42 bits per heavy atom. The lowest BCUT2D eigenvalue weighted by molar-refractivity contribution is -0.119. The lowest BCUT2D eigenvalue weighted by atomic mass is 10.1. The van der Waals surface area contributed by atoms with Crippen molar-refractivity contribution in [3.63, 3.8) is 0 Å². The van der Waals surface area contributed by atoms with Crippen LogP contribution in [0, 0.1) is 5.82 Å². The molecule has 6 nitrogen and oxygen atoms in total. The fourth-order valence-electron chi connectivity index (χ4n) is 1.47. The van der Waals surface area contributed by atoms with Gasteiger partial charge in [-0.1, -0.05) is 6.92 Å². The van der Waals surface area contributed by atoms with E-state index in [1.807, 2.05) is 6.92 Å². The molecule has 0 atom stereocenters. The van der Waals surface area contributed by atoms with E-state index in [2.05, 4.69) is 10.6 Å². The van der Waals surface area contributed by atoms with Crippen LogP contribution < -0.4 is 16.4 Å². The third-order valence-electron chi connectivity index (χ3n) is 2.42. The second-order valence-electron chi connectivity index (χ2n) is 3.89. The van der Waals surface area contributed by atoms with E-state index in [1.165, 1.54) is 6.07 Å². The van der Waals surface area contributed by atoms with Crippen LogP contribution in [-0.2, 0) is 4.79 Å². The van der Waals surface area contributed by atoms with Crippen molar-refractivity contribution >= 4 is 23.3 Å². The third-order valence-corrected chi connectivity index (χ3v) is 2.42. The van der Waals surface area contributed by atoms with Gasteiger partial charge in [-0.05, 0) is 18.6 Å². The maximum atomic E-state index is 13.2. The zero-order valence-electron chi connectivity index (χ0n) is 10.5. The zero-order valence-corrected chi connectivity index (χ0v) is 10.5. The first kappa shape index (κ1) is 14.7. The Kier molecular flexibility index (Phi) is 5.11. The van der Waals surface area contributed by atoms with E-state index in [4.69, 9.17) is 10.8 Å². The van der Waals surface area contributed by atoms with Crippen molar-refractivity contribution in [2.45, 2.75) is 13.3 Å². The first-order chi connectivity index (χ1) is 8.97. The van der Waals surface area contributed by atoms with E-state index in [0.29, 0.717) is 6.54 Å². The minimum absolute atomic E-state index is 0.106. The van der Waals surface area contributed by atoms with Crippen LogP contribution in [0.5, 0.6) is 0 Å². The van der Waals surface area contributed by atoms with Crippen LogP contribution in [0.25, 0.3) is 0 Å². The van der Waals surface area contributed by atoms with Gasteiger partial charge < -0.3 is 21.5 Å². The predicted molar refractivity (Wildman–Crippen MR) is 69.6 cm³/mol. The van der Waals surface area contributed by atoms with E-state index >= 15 is 0 Å². The average Bonchev–Trinajstić information content (AvgIpc) is 2.37. The Balaban J connectivity index is 2.81. The minimum Gasteiger partial charge on any atom is -0.478 e. The monoisotopic (exact) mass is 269 g/mol. The molecule has 1 rings (SSSR count). The molecular formula is C12H16FN3O3. The van der Waals surface area contributed by atoms with Crippen LogP contribution in [0.2, 0.25) is 0 Å². The molecule has 0 saturated heterocycles. The Morgan fingerprint density at radius 3 is 2.68 bits per heavy atom. The Labute approximate surface area is 109 Å². The maximum absolute atomic E-state index is 13.2. The highest BCUT2D eigenvalue weighted by Gasteiger charge is 2.17. The van der Waals surface area contributed by atoms with Crippen LogP contribution >= 0.6 is 0 Å². The summed E-state index contributed by atoms with van der Waals surface area (Å²) in [6.45, 7) is 2.35.